The van der Waals surface area contributed by atoms with Crippen LogP contribution in [0.1, 0.15) is 5.56 Å². The van der Waals surface area contributed by atoms with E-state index in [0.29, 0.717) is 21.7 Å². The van der Waals surface area contributed by atoms with E-state index in [0.717, 1.165) is 10.2 Å². The number of nitrogens with one attached hydrogen (secondary N) is 1. The number of rotatable bonds is 4. The van der Waals surface area contributed by atoms with Crippen molar-refractivity contribution in [3.8, 4) is 11.4 Å². The third-order valence-electron chi connectivity index (χ3n) is 5.39. The van der Waals surface area contributed by atoms with Gasteiger partial charge in [-0.05, 0) is 34.9 Å². The minimum Gasteiger partial charge on any atom is -0.354 e. The zero-order chi connectivity index (χ0) is 25.6. The summed E-state index contributed by atoms with van der Waals surface area (Å²) in [7, 11) is 0. The molecule has 36 heavy (non-hydrogen) atoms. The molecule has 0 atom stereocenters. The van der Waals surface area contributed by atoms with E-state index in [9.17, 15) is 14.4 Å². The predicted octanol–water partition coefficient (Wildman–Crippen LogP) is 3.98. The van der Waals surface area contributed by atoms with E-state index in [-0.39, 0.29) is 27.8 Å². The number of nitrogens with zero attached hydrogens (tertiary/aromatic N) is 6. The Kier molecular flexibility index (Phi) is 5.97. The van der Waals surface area contributed by atoms with E-state index >= 15 is 0 Å². The lowest BCUT2D eigenvalue weighted by Gasteiger charge is -2.12. The lowest BCUT2D eigenvalue weighted by molar-refractivity contribution is 0.761. The normalized spacial score (nSPS) is 11.1. The first-order valence-electron chi connectivity index (χ1n) is 10.2. The second-order valence-electron chi connectivity index (χ2n) is 7.54. The standard InChI is InChI=1S/C23H12Cl3N7O3/c1-27-21-22(35)29-23(36)32(30-21)13-8-15(25)20(16(26)9-13)33-17-6-7-19(34)31(18(17)10-28-33)11-12-4-2-3-5-14(12)24/h2-10H,11H2,(H,29,35,36). The summed E-state index contributed by atoms with van der Waals surface area (Å²) < 4.78 is 3.82. The van der Waals surface area contributed by atoms with Crippen LogP contribution in [-0.2, 0) is 6.54 Å². The Morgan fingerprint density at radius 3 is 2.33 bits per heavy atom. The summed E-state index contributed by atoms with van der Waals surface area (Å²) in [6.07, 6.45) is 1.52. The summed E-state index contributed by atoms with van der Waals surface area (Å²) in [5.41, 5.74) is 0.265. The first-order valence-corrected chi connectivity index (χ1v) is 11.3. The van der Waals surface area contributed by atoms with Crippen LogP contribution in [0.25, 0.3) is 27.3 Å². The molecule has 0 saturated carbocycles. The monoisotopic (exact) mass is 539 g/mol. The lowest BCUT2D eigenvalue weighted by atomic mass is 10.2. The molecule has 0 fully saturated rings. The minimum absolute atomic E-state index is 0.107. The SMILES string of the molecule is [C-]#[N+]c1nn(-c2cc(Cl)c(-n3ncc4c3ccc(=O)n4Cc3ccccc3Cl)c(Cl)c2)c(=O)[nH]c1=O. The third kappa shape index (κ3) is 3.99. The van der Waals surface area contributed by atoms with E-state index in [1.54, 1.807) is 18.2 Å². The van der Waals surface area contributed by atoms with Crippen molar-refractivity contribution in [3.63, 3.8) is 0 Å². The van der Waals surface area contributed by atoms with Crippen molar-refractivity contribution in [1.29, 1.82) is 0 Å². The maximum absolute atomic E-state index is 12.7. The molecular weight excluding hydrogens is 529 g/mol. The second-order valence-corrected chi connectivity index (χ2v) is 8.76. The van der Waals surface area contributed by atoms with Gasteiger partial charge in [-0.3, -0.25) is 14.6 Å². The molecule has 0 bridgehead atoms. The highest BCUT2D eigenvalue weighted by molar-refractivity contribution is 6.38. The van der Waals surface area contributed by atoms with Gasteiger partial charge >= 0.3 is 11.5 Å². The predicted molar refractivity (Wildman–Crippen MR) is 136 cm³/mol. The molecule has 1 N–H and O–H groups in total. The van der Waals surface area contributed by atoms with Crippen LogP contribution in [-0.4, -0.2) is 29.1 Å². The number of H-pyrrole nitrogens is 1. The van der Waals surface area contributed by atoms with Crippen molar-refractivity contribution in [2.24, 2.45) is 0 Å². The first-order chi connectivity index (χ1) is 17.3. The summed E-state index contributed by atoms with van der Waals surface area (Å²) in [6, 6.07) is 13.0. The minimum atomic E-state index is -0.897. The largest absolute Gasteiger partial charge is 0.365 e. The fraction of sp³-hybridized carbons (Fsp3) is 0.0435. The Balaban J connectivity index is 1.65. The second kappa shape index (κ2) is 9.13. The van der Waals surface area contributed by atoms with Crippen molar-refractivity contribution < 1.29 is 0 Å². The van der Waals surface area contributed by atoms with Gasteiger partial charge < -0.3 is 9.41 Å². The van der Waals surface area contributed by atoms with Crippen LogP contribution in [0.2, 0.25) is 15.1 Å². The van der Waals surface area contributed by atoms with Crippen molar-refractivity contribution in [2.75, 3.05) is 0 Å². The van der Waals surface area contributed by atoms with E-state index in [1.165, 1.54) is 33.6 Å². The summed E-state index contributed by atoms with van der Waals surface area (Å²) in [5, 5.41) is 8.91. The highest BCUT2D eigenvalue weighted by atomic mass is 35.5. The number of hydrogen-bond acceptors (Lipinski definition) is 5. The maximum Gasteiger partial charge on any atom is 0.365 e. The van der Waals surface area contributed by atoms with E-state index in [1.807, 2.05) is 17.1 Å². The third-order valence-corrected chi connectivity index (χ3v) is 6.33. The molecule has 0 radical (unpaired) electrons. The molecule has 0 unspecified atom stereocenters. The van der Waals surface area contributed by atoms with E-state index in [2.05, 4.69) is 15.0 Å². The molecule has 0 saturated heterocycles. The molecule has 178 valence electrons. The molecule has 0 aliphatic heterocycles. The van der Waals surface area contributed by atoms with Gasteiger partial charge in [0.2, 0.25) is 0 Å². The maximum atomic E-state index is 12.7. The Morgan fingerprint density at radius 2 is 1.64 bits per heavy atom. The van der Waals surface area contributed by atoms with Gasteiger partial charge in [0.25, 0.3) is 11.1 Å². The fourth-order valence-electron chi connectivity index (χ4n) is 3.73. The van der Waals surface area contributed by atoms with Gasteiger partial charge in [-0.2, -0.15) is 5.10 Å². The van der Waals surface area contributed by atoms with Crippen LogP contribution in [0.15, 0.2) is 69.1 Å². The topological polar surface area (TPSA) is 112 Å². The van der Waals surface area contributed by atoms with Crippen molar-refractivity contribution in [1.82, 2.24) is 29.1 Å². The van der Waals surface area contributed by atoms with Crippen molar-refractivity contribution in [3.05, 3.63) is 118 Å². The van der Waals surface area contributed by atoms with Gasteiger partial charge in [0.15, 0.2) is 0 Å². The molecule has 0 aliphatic rings. The van der Waals surface area contributed by atoms with E-state index < -0.39 is 17.1 Å². The smallest absolute Gasteiger partial charge is 0.354 e. The van der Waals surface area contributed by atoms with E-state index in [4.69, 9.17) is 41.4 Å². The molecule has 3 heterocycles. The number of halogens is 3. The molecule has 0 amide bonds. The summed E-state index contributed by atoms with van der Waals surface area (Å²) in [4.78, 5) is 41.6. The first kappa shape index (κ1) is 23.6. The van der Waals surface area contributed by atoms with Crippen LogP contribution < -0.4 is 16.8 Å². The number of pyridine rings is 1. The average molecular weight is 541 g/mol. The van der Waals surface area contributed by atoms with Crippen LogP contribution in [0.4, 0.5) is 5.82 Å². The molecule has 5 aromatic rings. The zero-order valence-corrected chi connectivity index (χ0v) is 20.2. The number of benzene rings is 2. The van der Waals surface area contributed by atoms with Crippen molar-refractivity contribution >= 4 is 51.7 Å². The summed E-state index contributed by atoms with van der Waals surface area (Å²) >= 11 is 19.4. The molecule has 10 nitrogen and oxygen atoms in total. The van der Waals surface area contributed by atoms with Gasteiger partial charge in [-0.15, -0.1) is 4.68 Å². The van der Waals surface area contributed by atoms with Gasteiger partial charge in [-0.1, -0.05) is 59.6 Å². The Morgan fingerprint density at radius 1 is 0.917 bits per heavy atom. The number of fused-ring (bicyclic) bond motifs is 1. The fourth-order valence-corrected chi connectivity index (χ4v) is 4.56. The molecule has 3 aromatic heterocycles. The molecule has 2 aromatic carbocycles. The summed E-state index contributed by atoms with van der Waals surface area (Å²) in [6.45, 7) is 7.28. The van der Waals surface area contributed by atoms with Crippen molar-refractivity contribution in [2.45, 2.75) is 6.54 Å². The van der Waals surface area contributed by atoms with Gasteiger partial charge in [0.1, 0.15) is 5.69 Å². The average Bonchev–Trinajstić information content (AvgIpc) is 3.25. The van der Waals surface area contributed by atoms with Crippen LogP contribution >= 0.6 is 34.8 Å². The molecule has 0 spiro atoms. The summed E-state index contributed by atoms with van der Waals surface area (Å²) in [5.74, 6) is -0.513. The van der Waals surface area contributed by atoms with Gasteiger partial charge in [0, 0.05) is 11.1 Å². The van der Waals surface area contributed by atoms with Crippen LogP contribution in [0.5, 0.6) is 0 Å². The highest BCUT2D eigenvalue weighted by Gasteiger charge is 2.19. The van der Waals surface area contributed by atoms with Gasteiger partial charge in [-0.25, -0.2) is 9.48 Å². The Labute approximate surface area is 216 Å². The van der Waals surface area contributed by atoms with Crippen LogP contribution in [0, 0.1) is 6.57 Å². The number of aromatic amines is 1. The van der Waals surface area contributed by atoms with Crippen LogP contribution in [0.3, 0.4) is 0 Å². The molecule has 0 aliphatic carbocycles. The number of hydrogen-bond donors (Lipinski definition) is 1. The Bertz CT molecular complexity index is 1870. The lowest BCUT2D eigenvalue weighted by Crippen LogP contribution is -2.30. The molecular formula is C23H12Cl3N7O3. The zero-order valence-electron chi connectivity index (χ0n) is 17.9. The number of aromatic nitrogens is 6. The van der Waals surface area contributed by atoms with Gasteiger partial charge in [0.05, 0.1) is 39.5 Å². The quantitative estimate of drug-likeness (QED) is 0.347. The highest BCUT2D eigenvalue weighted by Crippen LogP contribution is 2.33. The molecule has 13 heteroatoms. The molecule has 5 rings (SSSR count). The Hall–Kier alpha value is -4.17.